The second-order valence-electron chi connectivity index (χ2n) is 9.95. The van der Waals surface area contributed by atoms with Crippen LogP contribution >= 0.6 is 0 Å². The van der Waals surface area contributed by atoms with Gasteiger partial charge in [0.2, 0.25) is 0 Å². The van der Waals surface area contributed by atoms with Gasteiger partial charge in [-0.2, -0.15) is 5.10 Å². The van der Waals surface area contributed by atoms with Crippen LogP contribution in [-0.4, -0.2) is 51.2 Å². The lowest BCUT2D eigenvalue weighted by Gasteiger charge is -2.34. The molecule has 2 aliphatic rings. The Hall–Kier alpha value is -2.97. The summed E-state index contributed by atoms with van der Waals surface area (Å²) in [6.45, 7) is 2.50. The van der Waals surface area contributed by atoms with E-state index in [2.05, 4.69) is 16.1 Å². The van der Waals surface area contributed by atoms with Crippen LogP contribution < -0.4 is 0 Å². The monoisotopic (exact) mass is 489 g/mol. The minimum absolute atomic E-state index is 0.251. The van der Waals surface area contributed by atoms with Crippen LogP contribution in [0.2, 0.25) is 0 Å². The van der Waals surface area contributed by atoms with Crippen LogP contribution in [0.3, 0.4) is 0 Å². The molecule has 1 aliphatic heterocycles. The Balaban J connectivity index is 1.39. The maximum Gasteiger partial charge on any atom is 0.269 e. The molecule has 1 aliphatic carbocycles. The molecule has 0 spiro atoms. The third-order valence-corrected chi connectivity index (χ3v) is 9.44. The molecule has 2 fully saturated rings. The molecule has 0 amide bonds. The predicted octanol–water partition coefficient (Wildman–Crippen LogP) is 4.80. The number of fused-ring (bicyclic) bond motifs is 1. The Bertz CT molecular complexity index is 1440. The standard InChI is InChI=1S/C27H31N5O2S/c1-30-18-22(17-29-30)26-19-32(35(33,34)24-7-3-2-4-8-24)27-25(26)15-21(16-28-27)20-9-11-23(12-10-20)31-13-5-6-14-31/h2-4,7-8,15-20,23H,5-6,9-14H2,1H3/t20-,23+. The van der Waals surface area contributed by atoms with Crippen LogP contribution in [0.15, 0.2) is 66.1 Å². The number of rotatable bonds is 5. The van der Waals surface area contributed by atoms with E-state index >= 15 is 0 Å². The van der Waals surface area contributed by atoms with E-state index in [1.165, 1.54) is 48.3 Å². The van der Waals surface area contributed by atoms with Gasteiger partial charge >= 0.3 is 0 Å². The maximum atomic E-state index is 13.5. The summed E-state index contributed by atoms with van der Waals surface area (Å²) in [4.78, 5) is 7.67. The second-order valence-corrected chi connectivity index (χ2v) is 11.8. The quantitative estimate of drug-likeness (QED) is 0.403. The van der Waals surface area contributed by atoms with Crippen molar-refractivity contribution >= 4 is 21.1 Å². The van der Waals surface area contributed by atoms with Crippen molar-refractivity contribution in [2.24, 2.45) is 7.05 Å². The molecule has 35 heavy (non-hydrogen) atoms. The topological polar surface area (TPSA) is 73.0 Å². The maximum absolute atomic E-state index is 13.5. The van der Waals surface area contributed by atoms with Gasteiger partial charge in [-0.15, -0.1) is 0 Å². The third kappa shape index (κ3) is 4.08. The first-order valence-corrected chi connectivity index (χ1v) is 14.0. The van der Waals surface area contributed by atoms with Crippen molar-refractivity contribution < 1.29 is 8.42 Å². The van der Waals surface area contributed by atoms with Crippen LogP contribution in [0.25, 0.3) is 22.2 Å². The zero-order valence-corrected chi connectivity index (χ0v) is 20.9. The van der Waals surface area contributed by atoms with Gasteiger partial charge in [0.15, 0.2) is 5.65 Å². The minimum atomic E-state index is -3.78. The van der Waals surface area contributed by atoms with Gasteiger partial charge < -0.3 is 4.90 Å². The van der Waals surface area contributed by atoms with Crippen LogP contribution in [0.1, 0.15) is 50.0 Å². The second kappa shape index (κ2) is 8.91. The lowest BCUT2D eigenvalue weighted by atomic mass is 9.81. The van der Waals surface area contributed by atoms with E-state index in [0.717, 1.165) is 29.4 Å². The fourth-order valence-electron chi connectivity index (χ4n) is 5.88. The van der Waals surface area contributed by atoms with Gasteiger partial charge in [0.25, 0.3) is 10.0 Å². The summed E-state index contributed by atoms with van der Waals surface area (Å²) in [5.41, 5.74) is 3.39. The zero-order valence-electron chi connectivity index (χ0n) is 20.0. The highest BCUT2D eigenvalue weighted by Gasteiger charge is 2.29. The molecule has 8 heteroatoms. The van der Waals surface area contributed by atoms with E-state index in [1.807, 2.05) is 25.5 Å². The summed E-state index contributed by atoms with van der Waals surface area (Å²) in [6.07, 6.45) is 14.7. The Morgan fingerprint density at radius 1 is 0.943 bits per heavy atom. The summed E-state index contributed by atoms with van der Waals surface area (Å²) >= 11 is 0. The minimum Gasteiger partial charge on any atom is -0.300 e. The molecule has 0 radical (unpaired) electrons. The van der Waals surface area contributed by atoms with Gasteiger partial charge in [-0.25, -0.2) is 17.4 Å². The summed E-state index contributed by atoms with van der Waals surface area (Å²) in [5, 5.41) is 5.18. The van der Waals surface area contributed by atoms with Crippen molar-refractivity contribution in [2.45, 2.75) is 55.4 Å². The number of aromatic nitrogens is 4. The van der Waals surface area contributed by atoms with E-state index in [1.54, 1.807) is 41.3 Å². The van der Waals surface area contributed by atoms with E-state index < -0.39 is 10.0 Å². The average Bonchev–Trinajstić information content (AvgIpc) is 3.64. The van der Waals surface area contributed by atoms with Gasteiger partial charge in [-0.1, -0.05) is 18.2 Å². The molecule has 1 saturated carbocycles. The fraction of sp³-hybridized carbons (Fsp3) is 0.407. The molecule has 182 valence electrons. The van der Waals surface area contributed by atoms with E-state index in [-0.39, 0.29) is 4.90 Å². The molecular weight excluding hydrogens is 458 g/mol. The smallest absolute Gasteiger partial charge is 0.269 e. The van der Waals surface area contributed by atoms with Crippen LogP contribution in [-0.2, 0) is 17.1 Å². The molecule has 0 atom stereocenters. The van der Waals surface area contributed by atoms with Gasteiger partial charge in [0.1, 0.15) is 0 Å². The molecule has 1 aromatic carbocycles. The van der Waals surface area contributed by atoms with Crippen LogP contribution in [0.5, 0.6) is 0 Å². The number of pyridine rings is 1. The highest BCUT2D eigenvalue weighted by atomic mass is 32.2. The van der Waals surface area contributed by atoms with E-state index in [9.17, 15) is 8.42 Å². The first-order valence-electron chi connectivity index (χ1n) is 12.6. The lowest BCUT2D eigenvalue weighted by Crippen LogP contribution is -2.35. The largest absolute Gasteiger partial charge is 0.300 e. The molecule has 1 saturated heterocycles. The van der Waals surface area contributed by atoms with Gasteiger partial charge in [-0.05, 0) is 81.3 Å². The van der Waals surface area contributed by atoms with Crippen molar-refractivity contribution in [2.75, 3.05) is 13.1 Å². The SMILES string of the molecule is Cn1cc(-c2cn(S(=O)(=O)c3ccccc3)c3ncc([C@H]4CC[C@@H](N5CCCC5)CC4)cc23)cn1. The van der Waals surface area contributed by atoms with Crippen LogP contribution in [0.4, 0.5) is 0 Å². The molecule has 4 aromatic rings. The van der Waals surface area contributed by atoms with Crippen LogP contribution in [0, 0.1) is 0 Å². The van der Waals surface area contributed by atoms with E-state index in [0.29, 0.717) is 17.6 Å². The molecule has 6 rings (SSSR count). The normalized spacial score (nSPS) is 21.6. The summed E-state index contributed by atoms with van der Waals surface area (Å²) < 4.78 is 30.2. The number of benzene rings is 1. The number of aryl methyl sites for hydroxylation is 1. The molecule has 3 aromatic heterocycles. The van der Waals surface area contributed by atoms with Crippen molar-refractivity contribution in [1.82, 2.24) is 23.6 Å². The third-order valence-electron chi connectivity index (χ3n) is 7.77. The first kappa shape index (κ1) is 22.5. The van der Waals surface area contributed by atoms with Gasteiger partial charge in [0.05, 0.1) is 11.1 Å². The van der Waals surface area contributed by atoms with Gasteiger partial charge in [0, 0.05) is 48.2 Å². The number of nitrogens with zero attached hydrogens (tertiary/aromatic N) is 5. The Kier molecular flexibility index (Phi) is 5.73. The number of hydrogen-bond acceptors (Lipinski definition) is 5. The zero-order chi connectivity index (χ0) is 24.0. The van der Waals surface area contributed by atoms with E-state index in [4.69, 9.17) is 4.98 Å². The number of likely N-dealkylation sites (tertiary alicyclic amines) is 1. The van der Waals surface area contributed by atoms with Crippen molar-refractivity contribution in [1.29, 1.82) is 0 Å². The fourth-order valence-corrected chi connectivity index (χ4v) is 7.22. The highest BCUT2D eigenvalue weighted by molar-refractivity contribution is 7.90. The average molecular weight is 490 g/mol. The van der Waals surface area contributed by atoms with Crippen molar-refractivity contribution in [3.63, 3.8) is 0 Å². The Morgan fingerprint density at radius 3 is 2.37 bits per heavy atom. The Labute approximate surface area is 206 Å². The number of hydrogen-bond donors (Lipinski definition) is 0. The molecular formula is C27H31N5O2S. The molecule has 0 unspecified atom stereocenters. The first-order chi connectivity index (χ1) is 17.0. The molecule has 0 bridgehead atoms. The summed E-state index contributed by atoms with van der Waals surface area (Å²) in [5.74, 6) is 0.460. The lowest BCUT2D eigenvalue weighted by molar-refractivity contribution is 0.182. The van der Waals surface area contributed by atoms with Crippen molar-refractivity contribution in [3.8, 4) is 11.1 Å². The van der Waals surface area contributed by atoms with Gasteiger partial charge in [-0.3, -0.25) is 4.68 Å². The molecule has 0 N–H and O–H groups in total. The highest BCUT2D eigenvalue weighted by Crippen LogP contribution is 2.39. The molecule has 7 nitrogen and oxygen atoms in total. The summed E-state index contributed by atoms with van der Waals surface area (Å²) in [7, 11) is -1.91. The molecule has 4 heterocycles. The predicted molar refractivity (Wildman–Crippen MR) is 137 cm³/mol. The summed E-state index contributed by atoms with van der Waals surface area (Å²) in [6, 6.07) is 11.4. The Morgan fingerprint density at radius 2 is 1.69 bits per heavy atom. The van der Waals surface area contributed by atoms with Crippen molar-refractivity contribution in [3.05, 3.63) is 66.7 Å².